The number of ether oxygens (including phenoxy) is 1. The van der Waals surface area contributed by atoms with Gasteiger partial charge in [-0.15, -0.1) is 0 Å². The number of H-pyrrole nitrogens is 1. The van der Waals surface area contributed by atoms with Gasteiger partial charge in [0.1, 0.15) is 5.75 Å². The highest BCUT2D eigenvalue weighted by atomic mass is 32.2. The number of nitrogens with one attached hydrogen (secondary N) is 1. The Labute approximate surface area is 153 Å². The molecule has 0 aliphatic rings. The van der Waals surface area contributed by atoms with E-state index < -0.39 is 71.7 Å². The number of alkyl halides is 3. The molecule has 0 fully saturated rings. The van der Waals surface area contributed by atoms with Gasteiger partial charge >= 0.3 is 6.18 Å². The first-order valence-electron chi connectivity index (χ1n) is 10.2. The van der Waals surface area contributed by atoms with E-state index in [0.29, 0.717) is 0 Å². The minimum absolute atomic E-state index is 0.0920. The number of halogens is 3. The van der Waals surface area contributed by atoms with Crippen LogP contribution in [-0.2, 0) is 16.6 Å². The molecule has 0 spiro atoms. The minimum atomic E-state index is -4.71. The Morgan fingerprint density at radius 3 is 2.96 bits per heavy atom. The summed E-state index contributed by atoms with van der Waals surface area (Å²) >= 11 is 0. The second-order valence-corrected chi connectivity index (χ2v) is 6.16. The van der Waals surface area contributed by atoms with Crippen molar-refractivity contribution in [3.63, 3.8) is 0 Å². The van der Waals surface area contributed by atoms with Crippen molar-refractivity contribution in [3.05, 3.63) is 47.7 Å². The maximum atomic E-state index is 12.8. The smallest absolute Gasteiger partial charge is 0.422 e. The lowest BCUT2D eigenvalue weighted by Gasteiger charge is -2.13. The van der Waals surface area contributed by atoms with Gasteiger partial charge in [0.05, 0.1) is 38.8 Å². The SMILES string of the molecule is [2H]c1c([2H])c([2H])c2[nH]c(S(=O)Cc3nccc(OCC(F)(F)F)c3C([2H])([2H])[2H])nc2c1[2H]. The Morgan fingerprint density at radius 2 is 2.20 bits per heavy atom. The number of rotatable bonds is 5. The van der Waals surface area contributed by atoms with E-state index in [1.54, 1.807) is 0 Å². The molecule has 1 aromatic carbocycles. The second-order valence-electron chi connectivity index (χ2n) is 4.79. The standard InChI is InChI=1S/C16H14F3N3O2S/c1-10-13(20-7-6-14(10)24-9-16(17,18)19)8-25(23)15-21-11-4-2-3-5-12(11)22-15/h2-7H,8-9H2,1H3,(H,21,22)/i1D3,2D,3D,4D,5D. The summed E-state index contributed by atoms with van der Waals surface area (Å²) in [5, 5.41) is -0.271. The van der Waals surface area contributed by atoms with Gasteiger partial charge in [-0.2, -0.15) is 13.2 Å². The van der Waals surface area contributed by atoms with E-state index in [0.717, 1.165) is 12.3 Å². The molecular formula is C16H14F3N3O2S. The maximum absolute atomic E-state index is 12.8. The van der Waals surface area contributed by atoms with Gasteiger partial charge in [0, 0.05) is 15.9 Å². The van der Waals surface area contributed by atoms with Crippen LogP contribution in [0.2, 0.25) is 0 Å². The third kappa shape index (κ3) is 4.16. The number of hydrogen-bond acceptors (Lipinski definition) is 4. The molecule has 3 rings (SSSR count). The summed E-state index contributed by atoms with van der Waals surface area (Å²) in [5.74, 6) is -1.15. The van der Waals surface area contributed by atoms with Crippen LogP contribution in [0.5, 0.6) is 5.75 Å². The third-order valence-corrected chi connectivity index (χ3v) is 4.14. The number of aromatic nitrogens is 3. The molecule has 0 amide bonds. The van der Waals surface area contributed by atoms with Gasteiger partial charge in [0.15, 0.2) is 11.8 Å². The van der Waals surface area contributed by atoms with Crippen LogP contribution in [0.25, 0.3) is 11.0 Å². The highest BCUT2D eigenvalue weighted by Crippen LogP contribution is 2.24. The molecule has 2 heterocycles. The molecule has 3 aromatic rings. The molecule has 9 heteroatoms. The molecule has 5 nitrogen and oxygen atoms in total. The van der Waals surface area contributed by atoms with Crippen LogP contribution in [0, 0.1) is 6.85 Å². The maximum Gasteiger partial charge on any atom is 0.422 e. The van der Waals surface area contributed by atoms with Gasteiger partial charge < -0.3 is 9.72 Å². The van der Waals surface area contributed by atoms with E-state index in [4.69, 9.17) is 9.60 Å². The lowest BCUT2D eigenvalue weighted by molar-refractivity contribution is -0.153. The Kier molecular flexibility index (Phi) is 2.88. The fourth-order valence-corrected chi connectivity index (χ4v) is 2.90. The van der Waals surface area contributed by atoms with Gasteiger partial charge in [0.2, 0.25) is 0 Å². The number of benzene rings is 1. The first kappa shape index (κ1) is 10.5. The highest BCUT2D eigenvalue weighted by Gasteiger charge is 2.29. The molecule has 0 bridgehead atoms. The van der Waals surface area contributed by atoms with E-state index in [-0.39, 0.29) is 21.9 Å². The van der Waals surface area contributed by atoms with Crippen molar-refractivity contribution in [2.24, 2.45) is 0 Å². The van der Waals surface area contributed by atoms with Crippen LogP contribution in [0.15, 0.2) is 41.6 Å². The summed E-state index contributed by atoms with van der Waals surface area (Å²) in [6.07, 6.45) is -3.68. The fourth-order valence-electron chi connectivity index (χ4n) is 1.89. The zero-order valence-electron chi connectivity index (χ0n) is 19.3. The van der Waals surface area contributed by atoms with Crippen LogP contribution in [0.1, 0.15) is 20.9 Å². The topological polar surface area (TPSA) is 67.9 Å². The first-order valence-corrected chi connectivity index (χ1v) is 8.05. The molecule has 25 heavy (non-hydrogen) atoms. The summed E-state index contributed by atoms with van der Waals surface area (Å²) < 4.78 is 109. The largest absolute Gasteiger partial charge is 0.484 e. The molecule has 1 atom stereocenters. The molecular weight excluding hydrogens is 355 g/mol. The van der Waals surface area contributed by atoms with E-state index in [1.807, 2.05) is 0 Å². The van der Waals surface area contributed by atoms with Crippen molar-refractivity contribution in [2.75, 3.05) is 6.61 Å². The zero-order valence-corrected chi connectivity index (χ0v) is 13.1. The minimum Gasteiger partial charge on any atom is -0.484 e. The molecule has 0 saturated carbocycles. The van der Waals surface area contributed by atoms with Crippen molar-refractivity contribution in [1.82, 2.24) is 15.0 Å². The van der Waals surface area contributed by atoms with E-state index in [2.05, 4.69) is 19.7 Å². The lowest BCUT2D eigenvalue weighted by atomic mass is 10.2. The normalized spacial score (nSPS) is 17.6. The first-order chi connectivity index (χ1) is 14.7. The summed E-state index contributed by atoms with van der Waals surface area (Å²) in [4.78, 5) is 10.3. The Bertz CT molecular complexity index is 1170. The molecule has 0 saturated heterocycles. The third-order valence-electron chi connectivity index (χ3n) is 2.98. The summed E-state index contributed by atoms with van der Waals surface area (Å²) in [6, 6.07) is -0.979. The summed E-state index contributed by atoms with van der Waals surface area (Å²) in [6.45, 7) is -4.65. The monoisotopic (exact) mass is 376 g/mol. The van der Waals surface area contributed by atoms with Crippen LogP contribution in [0.4, 0.5) is 13.2 Å². The average Bonchev–Trinajstić information content (AvgIpc) is 3.13. The lowest BCUT2D eigenvalue weighted by Crippen LogP contribution is -2.19. The zero-order chi connectivity index (χ0) is 24.0. The van der Waals surface area contributed by atoms with Crippen molar-refractivity contribution in [3.8, 4) is 5.75 Å². The number of fused-ring (bicyclic) bond motifs is 1. The predicted octanol–water partition coefficient (Wildman–Crippen LogP) is 3.52. The molecule has 2 aromatic heterocycles. The molecule has 0 radical (unpaired) electrons. The van der Waals surface area contributed by atoms with E-state index >= 15 is 0 Å². The van der Waals surface area contributed by atoms with Crippen molar-refractivity contribution < 1.29 is 31.7 Å². The molecule has 1 unspecified atom stereocenters. The van der Waals surface area contributed by atoms with Crippen LogP contribution in [-0.4, -0.2) is 31.9 Å². The number of nitrogens with zero attached hydrogens (tertiary/aromatic N) is 2. The average molecular weight is 376 g/mol. The highest BCUT2D eigenvalue weighted by molar-refractivity contribution is 7.84. The van der Waals surface area contributed by atoms with E-state index in [9.17, 15) is 17.4 Å². The van der Waals surface area contributed by atoms with Crippen molar-refractivity contribution in [2.45, 2.75) is 23.9 Å². The van der Waals surface area contributed by atoms with Gasteiger partial charge in [-0.25, -0.2) is 4.98 Å². The fraction of sp³-hybridized carbons (Fsp3) is 0.250. The van der Waals surface area contributed by atoms with Crippen LogP contribution >= 0.6 is 0 Å². The number of pyridine rings is 1. The Balaban J connectivity index is 2.01. The molecule has 0 aliphatic heterocycles. The van der Waals surface area contributed by atoms with Crippen LogP contribution in [0.3, 0.4) is 0 Å². The number of hydrogen-bond donors (Lipinski definition) is 1. The van der Waals surface area contributed by atoms with Gasteiger partial charge in [-0.3, -0.25) is 9.19 Å². The predicted molar refractivity (Wildman–Crippen MR) is 86.7 cm³/mol. The van der Waals surface area contributed by atoms with Crippen molar-refractivity contribution >= 4 is 21.8 Å². The quantitative estimate of drug-likeness (QED) is 0.740. The Hall–Kier alpha value is -2.42. The molecule has 0 aliphatic carbocycles. The second kappa shape index (κ2) is 6.83. The summed E-state index contributed by atoms with van der Waals surface area (Å²) in [5.41, 5.74) is -1.18. The van der Waals surface area contributed by atoms with E-state index in [1.165, 1.54) is 0 Å². The number of imidazole rings is 1. The van der Waals surface area contributed by atoms with Gasteiger partial charge in [0.25, 0.3) is 0 Å². The summed E-state index contributed by atoms with van der Waals surface area (Å²) in [7, 11) is -2.12. The van der Waals surface area contributed by atoms with Crippen LogP contribution < -0.4 is 4.74 Å². The van der Waals surface area contributed by atoms with Crippen molar-refractivity contribution in [1.29, 1.82) is 0 Å². The molecule has 1 N–H and O–H groups in total. The number of para-hydroxylation sites is 2. The van der Waals surface area contributed by atoms with Gasteiger partial charge in [-0.1, -0.05) is 12.1 Å². The number of aromatic amines is 1. The Morgan fingerprint density at radius 1 is 1.40 bits per heavy atom. The van der Waals surface area contributed by atoms with Gasteiger partial charge in [-0.05, 0) is 25.0 Å². The molecule has 132 valence electrons.